The fourth-order valence-corrected chi connectivity index (χ4v) is 3.72. The van der Waals surface area contributed by atoms with E-state index in [1.54, 1.807) is 7.05 Å². The topological polar surface area (TPSA) is 66.5 Å². The number of rotatable bonds is 5. The minimum atomic E-state index is -2.92. The Morgan fingerprint density at radius 3 is 2.65 bits per heavy atom. The Bertz CT molecular complexity index is 354. The summed E-state index contributed by atoms with van der Waals surface area (Å²) in [4.78, 5) is 13.2. The lowest BCUT2D eigenvalue weighted by Gasteiger charge is -2.23. The molecule has 0 aliphatic carbocycles. The number of hydrogen-bond donors (Lipinski definition) is 1. The first-order chi connectivity index (χ1) is 7.96. The van der Waals surface area contributed by atoms with Gasteiger partial charge < -0.3 is 10.2 Å². The lowest BCUT2D eigenvalue weighted by Crippen LogP contribution is -2.44. The van der Waals surface area contributed by atoms with Gasteiger partial charge >= 0.3 is 6.03 Å². The SMILES string of the molecule is CCCCCNC(=O)N(C)[C@@H]1CCS(=O)(=O)C1. The van der Waals surface area contributed by atoms with Crippen LogP contribution in [-0.4, -0.2) is 50.5 Å². The number of amides is 2. The summed E-state index contributed by atoms with van der Waals surface area (Å²) in [5.74, 6) is 0.303. The standard InChI is InChI=1S/C11H22N2O3S/c1-3-4-5-7-12-11(14)13(2)10-6-8-17(15,16)9-10/h10H,3-9H2,1-2H3,(H,12,14)/t10-/m1/s1. The Hall–Kier alpha value is -0.780. The Labute approximate surface area is 103 Å². The molecule has 1 atom stereocenters. The van der Waals surface area contributed by atoms with Gasteiger partial charge in [-0.3, -0.25) is 0 Å². The summed E-state index contributed by atoms with van der Waals surface area (Å²) in [6.07, 6.45) is 3.74. The Morgan fingerprint density at radius 2 is 2.12 bits per heavy atom. The van der Waals surface area contributed by atoms with Crippen LogP contribution in [0, 0.1) is 0 Å². The van der Waals surface area contributed by atoms with Gasteiger partial charge in [0, 0.05) is 19.6 Å². The van der Waals surface area contributed by atoms with E-state index < -0.39 is 9.84 Å². The molecule has 2 amide bonds. The molecular formula is C11H22N2O3S. The highest BCUT2D eigenvalue weighted by Crippen LogP contribution is 2.16. The number of unbranched alkanes of at least 4 members (excludes halogenated alkanes) is 2. The molecule has 0 aromatic rings. The first-order valence-electron chi connectivity index (χ1n) is 6.17. The maximum Gasteiger partial charge on any atom is 0.317 e. The van der Waals surface area contributed by atoms with Crippen molar-refractivity contribution in [1.29, 1.82) is 0 Å². The second-order valence-electron chi connectivity index (χ2n) is 4.61. The van der Waals surface area contributed by atoms with Gasteiger partial charge in [-0.15, -0.1) is 0 Å². The molecule has 17 heavy (non-hydrogen) atoms. The zero-order valence-corrected chi connectivity index (χ0v) is 11.4. The van der Waals surface area contributed by atoms with Crippen molar-refractivity contribution in [3.05, 3.63) is 0 Å². The highest BCUT2D eigenvalue weighted by molar-refractivity contribution is 7.91. The first kappa shape index (κ1) is 14.3. The molecule has 1 aliphatic rings. The van der Waals surface area contributed by atoms with E-state index >= 15 is 0 Å². The molecule has 6 heteroatoms. The van der Waals surface area contributed by atoms with Crippen LogP contribution in [0.15, 0.2) is 0 Å². The molecule has 0 unspecified atom stereocenters. The van der Waals surface area contributed by atoms with Crippen LogP contribution in [0.25, 0.3) is 0 Å². The third-order valence-electron chi connectivity index (χ3n) is 3.13. The summed E-state index contributed by atoms with van der Waals surface area (Å²) in [5.41, 5.74) is 0. The molecule has 1 N–H and O–H groups in total. The van der Waals surface area contributed by atoms with Gasteiger partial charge in [0.2, 0.25) is 0 Å². The zero-order chi connectivity index (χ0) is 12.9. The normalized spacial score (nSPS) is 22.4. The average molecular weight is 262 g/mol. The summed E-state index contributed by atoms with van der Waals surface area (Å²) in [7, 11) is -1.26. The van der Waals surface area contributed by atoms with Crippen molar-refractivity contribution in [2.24, 2.45) is 0 Å². The molecule has 0 bridgehead atoms. The number of urea groups is 1. The maximum absolute atomic E-state index is 11.7. The molecule has 0 radical (unpaired) electrons. The van der Waals surface area contributed by atoms with Gasteiger partial charge in [-0.1, -0.05) is 19.8 Å². The lowest BCUT2D eigenvalue weighted by atomic mass is 10.2. The van der Waals surface area contributed by atoms with Crippen molar-refractivity contribution in [2.45, 2.75) is 38.6 Å². The highest BCUT2D eigenvalue weighted by Gasteiger charge is 2.32. The second-order valence-corrected chi connectivity index (χ2v) is 6.84. The van der Waals surface area contributed by atoms with E-state index in [2.05, 4.69) is 12.2 Å². The van der Waals surface area contributed by atoms with Gasteiger partial charge in [-0.2, -0.15) is 0 Å². The van der Waals surface area contributed by atoms with Gasteiger partial charge in [-0.25, -0.2) is 13.2 Å². The molecule has 1 aliphatic heterocycles. The maximum atomic E-state index is 11.7. The van der Waals surface area contributed by atoms with Crippen molar-refractivity contribution >= 4 is 15.9 Å². The fraction of sp³-hybridized carbons (Fsp3) is 0.909. The average Bonchev–Trinajstić information content (AvgIpc) is 2.64. The third-order valence-corrected chi connectivity index (χ3v) is 4.88. The van der Waals surface area contributed by atoms with Crippen molar-refractivity contribution in [2.75, 3.05) is 25.1 Å². The minimum absolute atomic E-state index is 0.103. The zero-order valence-electron chi connectivity index (χ0n) is 10.6. The highest BCUT2D eigenvalue weighted by atomic mass is 32.2. The molecule has 1 fully saturated rings. The largest absolute Gasteiger partial charge is 0.338 e. The van der Waals surface area contributed by atoms with Gasteiger partial charge in [0.1, 0.15) is 0 Å². The quantitative estimate of drug-likeness (QED) is 0.752. The van der Waals surface area contributed by atoms with Crippen LogP contribution in [0.4, 0.5) is 4.79 Å². The van der Waals surface area contributed by atoms with Crippen LogP contribution in [-0.2, 0) is 9.84 Å². The summed E-state index contributed by atoms with van der Waals surface area (Å²) in [6, 6.07) is -0.325. The third kappa shape index (κ3) is 4.53. The van der Waals surface area contributed by atoms with Crippen LogP contribution >= 0.6 is 0 Å². The predicted octanol–water partition coefficient (Wildman–Crippen LogP) is 1.01. The molecule has 0 aromatic heterocycles. The molecule has 5 nitrogen and oxygen atoms in total. The van der Waals surface area contributed by atoms with Gasteiger partial charge in [-0.05, 0) is 12.8 Å². The van der Waals surface area contributed by atoms with E-state index in [1.807, 2.05) is 0 Å². The molecule has 1 saturated heterocycles. The van der Waals surface area contributed by atoms with Crippen LogP contribution in [0.1, 0.15) is 32.6 Å². The van der Waals surface area contributed by atoms with Gasteiger partial charge in [0.05, 0.1) is 11.5 Å². The van der Waals surface area contributed by atoms with E-state index in [-0.39, 0.29) is 23.6 Å². The molecule has 1 heterocycles. The number of nitrogens with zero attached hydrogens (tertiary/aromatic N) is 1. The second kappa shape index (κ2) is 6.23. The Kier molecular flexibility index (Phi) is 5.24. The fourth-order valence-electron chi connectivity index (χ4n) is 1.94. The van der Waals surface area contributed by atoms with E-state index in [0.29, 0.717) is 13.0 Å². The summed E-state index contributed by atoms with van der Waals surface area (Å²) < 4.78 is 22.6. The van der Waals surface area contributed by atoms with Crippen LogP contribution in [0.2, 0.25) is 0 Å². The smallest absolute Gasteiger partial charge is 0.317 e. The van der Waals surface area contributed by atoms with E-state index in [4.69, 9.17) is 0 Å². The number of sulfone groups is 1. The van der Waals surface area contributed by atoms with Gasteiger partial charge in [0.25, 0.3) is 0 Å². The van der Waals surface area contributed by atoms with Crippen molar-refractivity contribution < 1.29 is 13.2 Å². The predicted molar refractivity (Wildman–Crippen MR) is 67.7 cm³/mol. The Morgan fingerprint density at radius 1 is 1.41 bits per heavy atom. The lowest BCUT2D eigenvalue weighted by molar-refractivity contribution is 0.195. The van der Waals surface area contributed by atoms with E-state index in [0.717, 1.165) is 19.3 Å². The van der Waals surface area contributed by atoms with E-state index in [9.17, 15) is 13.2 Å². The van der Waals surface area contributed by atoms with Crippen LogP contribution in [0.3, 0.4) is 0 Å². The van der Waals surface area contributed by atoms with Crippen molar-refractivity contribution in [3.63, 3.8) is 0 Å². The van der Waals surface area contributed by atoms with Crippen LogP contribution in [0.5, 0.6) is 0 Å². The molecule has 1 rings (SSSR count). The molecule has 0 aromatic carbocycles. The molecule has 0 saturated carbocycles. The summed E-state index contributed by atoms with van der Waals surface area (Å²) in [5, 5.41) is 2.81. The number of carbonyl (C=O) groups excluding carboxylic acids is 1. The first-order valence-corrected chi connectivity index (χ1v) is 7.99. The summed E-state index contributed by atoms with van der Waals surface area (Å²) >= 11 is 0. The number of carbonyl (C=O) groups is 1. The van der Waals surface area contributed by atoms with Gasteiger partial charge in [0.15, 0.2) is 9.84 Å². The molecule has 100 valence electrons. The number of hydrogen-bond acceptors (Lipinski definition) is 3. The Balaban J connectivity index is 2.32. The van der Waals surface area contributed by atoms with Crippen molar-refractivity contribution in [3.8, 4) is 0 Å². The van der Waals surface area contributed by atoms with Crippen LogP contribution < -0.4 is 5.32 Å². The summed E-state index contributed by atoms with van der Waals surface area (Å²) in [6.45, 7) is 2.77. The molecular weight excluding hydrogens is 240 g/mol. The minimum Gasteiger partial charge on any atom is -0.338 e. The van der Waals surface area contributed by atoms with Crippen molar-refractivity contribution in [1.82, 2.24) is 10.2 Å². The van der Waals surface area contributed by atoms with E-state index in [1.165, 1.54) is 4.90 Å². The monoisotopic (exact) mass is 262 g/mol. The molecule has 0 spiro atoms. The number of nitrogens with one attached hydrogen (secondary N) is 1.